The molecule has 6 N–H and O–H groups in total. The van der Waals surface area contributed by atoms with Gasteiger partial charge in [0, 0.05) is 66.0 Å². The van der Waals surface area contributed by atoms with Crippen LogP contribution in [0, 0.1) is 6.92 Å². The largest absolute Gasteiger partial charge is 0.508 e. The van der Waals surface area contributed by atoms with E-state index in [9.17, 15) is 30.0 Å². The van der Waals surface area contributed by atoms with E-state index in [0.29, 0.717) is 42.5 Å². The van der Waals surface area contributed by atoms with Crippen molar-refractivity contribution in [1.29, 1.82) is 0 Å². The number of aryl methyl sites for hydroxylation is 1. The van der Waals surface area contributed by atoms with E-state index >= 15 is 0 Å². The number of anilines is 2. The lowest BCUT2D eigenvalue weighted by Crippen LogP contribution is -2.36. The quantitative estimate of drug-likeness (QED) is 0.0378. The molecule has 280 valence electrons. The van der Waals surface area contributed by atoms with Gasteiger partial charge < -0.3 is 35.0 Å². The van der Waals surface area contributed by atoms with Gasteiger partial charge in [0.15, 0.2) is 0 Å². The summed E-state index contributed by atoms with van der Waals surface area (Å²) in [5.41, 5.74) is 8.55. The smallest absolute Gasteiger partial charge is 0.259 e. The van der Waals surface area contributed by atoms with Crippen LogP contribution in [0.5, 0.6) is 23.0 Å². The normalized spacial score (nSPS) is 11.2. The average Bonchev–Trinajstić information content (AvgIpc) is 3.12. The second kappa shape index (κ2) is 20.9. The Morgan fingerprint density at radius 2 is 1.09 bits per heavy atom. The first kappa shape index (κ1) is 40.0. The third-order valence-electron chi connectivity index (χ3n) is 8.01. The summed E-state index contributed by atoms with van der Waals surface area (Å²) in [5, 5.41) is 47.2. The summed E-state index contributed by atoms with van der Waals surface area (Å²) in [7, 11) is 0. The number of nitrogens with one attached hydrogen (secondary N) is 2. The summed E-state index contributed by atoms with van der Waals surface area (Å²) in [6.07, 6.45) is 5.76. The van der Waals surface area contributed by atoms with Crippen molar-refractivity contribution in [3.63, 3.8) is 0 Å². The molecule has 13 nitrogen and oxygen atoms in total. The van der Waals surface area contributed by atoms with Crippen molar-refractivity contribution >= 4 is 47.2 Å². The molecular weight excluding hydrogens is 700 g/mol. The Morgan fingerprint density at radius 1 is 0.660 bits per heavy atom. The Balaban J connectivity index is 1.18. The maximum Gasteiger partial charge on any atom is 0.259 e. The van der Waals surface area contributed by atoms with Crippen LogP contribution in [0.4, 0.5) is 11.4 Å². The van der Waals surface area contributed by atoms with Gasteiger partial charge in [0.2, 0.25) is 0 Å². The number of ether oxygens (including phenoxy) is 1. The molecule has 14 heteroatoms. The molecule has 0 heterocycles. The first-order valence-corrected chi connectivity index (χ1v) is 17.5. The number of rotatable bonds is 20. The molecule has 0 radical (unpaired) electrons. The number of halogens is 1. The van der Waals surface area contributed by atoms with Gasteiger partial charge in [-0.15, -0.1) is 0 Å². The summed E-state index contributed by atoms with van der Waals surface area (Å²) >= 11 is 6.08. The Morgan fingerprint density at radius 3 is 1.53 bits per heavy atom. The maximum absolute atomic E-state index is 12.7. The number of hydrogen-bond donors (Lipinski definition) is 6. The highest BCUT2D eigenvalue weighted by Crippen LogP contribution is 2.22. The standard InChI is InChI=1S/C39H45ClN6O7/c1-28-6-12-32(13-7-28)45(26-38(51)43-41-24-29-8-16-34(47)22-36(29)49)18-2-4-20-53-21-5-3-19-46(33-14-10-31(40)11-15-33)27-39(52)44-42-25-30-9-17-35(48)23-37(30)50/h6-17,22-25,47-50H,2-5,18-21,26-27H2,1H3,(H,43,51)(H,44,52)/b41-24-,42-25-. The number of phenolic OH excluding ortho intramolecular Hbond substituents is 4. The molecule has 0 aliphatic rings. The summed E-state index contributed by atoms with van der Waals surface area (Å²) in [5.74, 6) is -1.11. The topological polar surface area (TPSA) is 180 Å². The summed E-state index contributed by atoms with van der Waals surface area (Å²) in [6.45, 7) is 4.47. The Kier molecular flexibility index (Phi) is 15.8. The number of nitrogens with zero attached hydrogens (tertiary/aromatic N) is 4. The molecule has 0 atom stereocenters. The van der Waals surface area contributed by atoms with Crippen LogP contribution in [0.2, 0.25) is 5.02 Å². The van der Waals surface area contributed by atoms with Crippen LogP contribution >= 0.6 is 11.6 Å². The Hall–Kier alpha value is -5.79. The molecule has 53 heavy (non-hydrogen) atoms. The molecule has 0 bridgehead atoms. The Bertz CT molecular complexity index is 1700. The zero-order valence-corrected chi connectivity index (χ0v) is 30.2. The van der Waals surface area contributed by atoms with E-state index in [2.05, 4.69) is 21.1 Å². The lowest BCUT2D eigenvalue weighted by molar-refractivity contribution is -0.120. The summed E-state index contributed by atoms with van der Waals surface area (Å²) < 4.78 is 5.90. The molecular formula is C39H45ClN6O7. The fraction of sp³-hybridized carbons (Fsp3) is 0.282. The number of aromatic hydroxyl groups is 4. The fourth-order valence-electron chi connectivity index (χ4n) is 5.17. The van der Waals surface area contributed by atoms with Crippen LogP contribution in [-0.4, -0.2) is 84.1 Å². The van der Waals surface area contributed by atoms with E-state index in [4.69, 9.17) is 16.3 Å². The maximum atomic E-state index is 12.7. The molecule has 0 saturated carbocycles. The lowest BCUT2D eigenvalue weighted by Gasteiger charge is -2.24. The van der Waals surface area contributed by atoms with E-state index in [-0.39, 0.29) is 47.9 Å². The van der Waals surface area contributed by atoms with Gasteiger partial charge in [-0.3, -0.25) is 9.59 Å². The fourth-order valence-corrected chi connectivity index (χ4v) is 5.30. The highest BCUT2D eigenvalue weighted by atomic mass is 35.5. The molecule has 0 aromatic heterocycles. The first-order valence-electron chi connectivity index (χ1n) is 17.1. The predicted molar refractivity (Wildman–Crippen MR) is 207 cm³/mol. The number of benzene rings is 4. The number of hydrogen-bond acceptors (Lipinski definition) is 11. The SMILES string of the molecule is Cc1ccc(N(CCCCOCCCCN(CC(=O)N/N=C\c2ccc(O)cc2O)c2ccc(Cl)cc2)CC(=O)N/N=C\c2ccc(O)cc2O)cc1. The van der Waals surface area contributed by atoms with Gasteiger partial charge >= 0.3 is 0 Å². The highest BCUT2D eigenvalue weighted by Gasteiger charge is 2.13. The second-order valence-corrected chi connectivity index (χ2v) is 12.7. The summed E-state index contributed by atoms with van der Waals surface area (Å²) in [4.78, 5) is 29.4. The van der Waals surface area contributed by atoms with E-state index in [1.807, 2.05) is 53.1 Å². The number of amides is 2. The van der Waals surface area contributed by atoms with Crippen molar-refractivity contribution in [2.24, 2.45) is 10.2 Å². The average molecular weight is 745 g/mol. The van der Waals surface area contributed by atoms with Crippen LogP contribution in [0.3, 0.4) is 0 Å². The van der Waals surface area contributed by atoms with Gasteiger partial charge in [0.1, 0.15) is 23.0 Å². The Labute approximate surface area is 313 Å². The molecule has 4 rings (SSSR count). The third-order valence-corrected chi connectivity index (χ3v) is 8.26. The third kappa shape index (κ3) is 14.0. The molecule has 0 fully saturated rings. The van der Waals surface area contributed by atoms with Crippen molar-refractivity contribution in [3.05, 3.63) is 107 Å². The van der Waals surface area contributed by atoms with Crippen molar-refractivity contribution in [2.75, 3.05) is 49.2 Å². The van der Waals surface area contributed by atoms with E-state index in [1.54, 1.807) is 12.1 Å². The molecule has 2 amide bonds. The van der Waals surface area contributed by atoms with Crippen LogP contribution in [-0.2, 0) is 14.3 Å². The van der Waals surface area contributed by atoms with Gasteiger partial charge in [-0.2, -0.15) is 10.2 Å². The van der Waals surface area contributed by atoms with Gasteiger partial charge in [0.05, 0.1) is 25.5 Å². The first-order chi connectivity index (χ1) is 25.6. The number of hydrazone groups is 2. The van der Waals surface area contributed by atoms with Crippen LogP contribution in [0.25, 0.3) is 0 Å². The highest BCUT2D eigenvalue weighted by molar-refractivity contribution is 6.30. The lowest BCUT2D eigenvalue weighted by atomic mass is 10.2. The van der Waals surface area contributed by atoms with Crippen LogP contribution in [0.15, 0.2) is 95.1 Å². The molecule has 0 saturated heterocycles. The molecule has 4 aromatic rings. The van der Waals surface area contributed by atoms with Crippen molar-refractivity contribution in [1.82, 2.24) is 10.9 Å². The second-order valence-electron chi connectivity index (χ2n) is 12.3. The number of carbonyl (C=O) groups excluding carboxylic acids is 2. The predicted octanol–water partition coefficient (Wildman–Crippen LogP) is 5.66. The van der Waals surface area contributed by atoms with Gasteiger partial charge in [-0.1, -0.05) is 29.3 Å². The molecule has 0 aliphatic heterocycles. The van der Waals surface area contributed by atoms with Crippen molar-refractivity contribution in [3.8, 4) is 23.0 Å². The zero-order valence-electron chi connectivity index (χ0n) is 29.5. The molecule has 4 aromatic carbocycles. The summed E-state index contributed by atoms with van der Waals surface area (Å²) in [6, 6.07) is 23.4. The van der Waals surface area contributed by atoms with E-state index in [0.717, 1.165) is 42.6 Å². The number of phenols is 4. The number of carbonyl (C=O) groups is 2. The number of unbranched alkanes of at least 4 members (excludes halogenated alkanes) is 2. The zero-order chi connectivity index (χ0) is 38.0. The van der Waals surface area contributed by atoms with E-state index in [1.165, 1.54) is 48.8 Å². The minimum Gasteiger partial charge on any atom is -0.508 e. The van der Waals surface area contributed by atoms with E-state index < -0.39 is 0 Å². The molecule has 0 aliphatic carbocycles. The van der Waals surface area contributed by atoms with Gasteiger partial charge in [-0.25, -0.2) is 10.9 Å². The van der Waals surface area contributed by atoms with Crippen molar-refractivity contribution in [2.45, 2.75) is 32.6 Å². The molecule has 0 unspecified atom stereocenters. The minimum absolute atomic E-state index is 0.0469. The monoisotopic (exact) mass is 744 g/mol. The van der Waals surface area contributed by atoms with Crippen LogP contribution < -0.4 is 20.7 Å². The van der Waals surface area contributed by atoms with Gasteiger partial charge in [-0.05, 0) is 93.3 Å². The van der Waals surface area contributed by atoms with Crippen molar-refractivity contribution < 1.29 is 34.8 Å². The molecule has 0 spiro atoms. The minimum atomic E-state index is -0.343. The van der Waals surface area contributed by atoms with Crippen LogP contribution in [0.1, 0.15) is 42.4 Å². The van der Waals surface area contributed by atoms with Gasteiger partial charge in [0.25, 0.3) is 11.8 Å².